The summed E-state index contributed by atoms with van der Waals surface area (Å²) < 4.78 is 13.3. The number of nitrogens with zero attached hydrogens (tertiary/aromatic N) is 3. The number of imidazole rings is 2. The second kappa shape index (κ2) is 3.46. The van der Waals surface area contributed by atoms with Crippen molar-refractivity contribution in [2.75, 3.05) is 0 Å². The summed E-state index contributed by atoms with van der Waals surface area (Å²) in [6.07, 6.45) is 7.40. The van der Waals surface area contributed by atoms with Crippen LogP contribution >= 0.6 is 0 Å². The minimum Gasteiger partial charge on any atom is -0.335 e. The highest BCUT2D eigenvalue weighted by atomic mass is 32.1. The van der Waals surface area contributed by atoms with Crippen molar-refractivity contribution in [2.24, 2.45) is 0 Å². The SMILES string of the molecule is O=S=c1[nH]ccn1C(=O)n1ccnc1. The number of H-pyrrole nitrogens is 1. The average molecular weight is 210 g/mol. The van der Waals surface area contributed by atoms with Gasteiger partial charge in [0.15, 0.2) is 0 Å². The van der Waals surface area contributed by atoms with Gasteiger partial charge in [-0.25, -0.2) is 18.6 Å². The van der Waals surface area contributed by atoms with Gasteiger partial charge >= 0.3 is 6.03 Å². The van der Waals surface area contributed by atoms with Crippen LogP contribution in [0.25, 0.3) is 0 Å². The van der Waals surface area contributed by atoms with E-state index >= 15 is 0 Å². The fourth-order valence-electron chi connectivity index (χ4n) is 1.03. The normalized spacial score (nSPS) is 10.0. The fourth-order valence-corrected chi connectivity index (χ4v) is 1.37. The second-order valence-corrected chi connectivity index (χ2v) is 3.02. The number of hydrogen-bond acceptors (Lipinski definition) is 3. The Hall–Kier alpha value is -1.89. The van der Waals surface area contributed by atoms with Crippen molar-refractivity contribution >= 4 is 17.3 Å². The second-order valence-electron chi connectivity index (χ2n) is 2.47. The van der Waals surface area contributed by atoms with Crippen LogP contribution in [0.15, 0.2) is 31.1 Å². The molecule has 0 spiro atoms. The topological polar surface area (TPSA) is 72.7 Å². The Bertz CT molecular complexity index is 532. The van der Waals surface area contributed by atoms with Gasteiger partial charge in [0.25, 0.3) is 0 Å². The molecule has 6 nitrogen and oxygen atoms in total. The molecule has 0 aliphatic carbocycles. The van der Waals surface area contributed by atoms with Crippen molar-refractivity contribution in [2.45, 2.75) is 0 Å². The van der Waals surface area contributed by atoms with Crippen molar-refractivity contribution in [1.29, 1.82) is 0 Å². The van der Waals surface area contributed by atoms with Gasteiger partial charge in [-0.1, -0.05) is 0 Å². The zero-order chi connectivity index (χ0) is 9.97. The van der Waals surface area contributed by atoms with E-state index in [1.807, 2.05) is 0 Å². The maximum atomic E-state index is 11.7. The summed E-state index contributed by atoms with van der Waals surface area (Å²) in [6.45, 7) is 0. The van der Waals surface area contributed by atoms with Gasteiger partial charge in [0, 0.05) is 24.8 Å². The van der Waals surface area contributed by atoms with Crippen LogP contribution < -0.4 is 0 Å². The van der Waals surface area contributed by atoms with E-state index in [2.05, 4.69) is 9.97 Å². The molecule has 0 bridgehead atoms. The molecule has 1 N–H and O–H groups in total. The summed E-state index contributed by atoms with van der Waals surface area (Å²) in [5.74, 6) is 0. The van der Waals surface area contributed by atoms with E-state index in [1.165, 1.54) is 40.2 Å². The number of aromatic amines is 1. The molecule has 0 saturated carbocycles. The molecule has 0 aliphatic rings. The highest BCUT2D eigenvalue weighted by molar-refractivity contribution is 7.56. The lowest BCUT2D eigenvalue weighted by atomic mass is 10.8. The summed E-state index contributed by atoms with van der Waals surface area (Å²) in [5.41, 5.74) is 0. The van der Waals surface area contributed by atoms with E-state index in [0.29, 0.717) is 0 Å². The van der Waals surface area contributed by atoms with Gasteiger partial charge < -0.3 is 4.98 Å². The summed E-state index contributed by atoms with van der Waals surface area (Å²) in [5, 5.41) is 0. The van der Waals surface area contributed by atoms with E-state index in [9.17, 15) is 9.00 Å². The standard InChI is InChI=1S/C7H6N4O2S/c12-7(10-3-1-8-5-10)11-4-2-9-6(11)14-13/h1-5,9H. The van der Waals surface area contributed by atoms with Gasteiger partial charge in [-0.15, -0.1) is 0 Å². The molecule has 2 aromatic heterocycles. The smallest absolute Gasteiger partial charge is 0.335 e. The van der Waals surface area contributed by atoms with Crippen LogP contribution in [0.4, 0.5) is 4.79 Å². The molecule has 0 unspecified atom stereocenters. The van der Waals surface area contributed by atoms with E-state index < -0.39 is 0 Å². The van der Waals surface area contributed by atoms with Crippen LogP contribution in [0.2, 0.25) is 0 Å². The van der Waals surface area contributed by atoms with Gasteiger partial charge in [-0.2, -0.15) is 0 Å². The Morgan fingerprint density at radius 3 is 3.00 bits per heavy atom. The highest BCUT2D eigenvalue weighted by Gasteiger charge is 2.06. The van der Waals surface area contributed by atoms with Crippen molar-refractivity contribution in [1.82, 2.24) is 19.1 Å². The van der Waals surface area contributed by atoms with Crippen LogP contribution in [-0.2, 0) is 11.3 Å². The molecule has 2 aromatic rings. The number of carbonyl (C=O) groups is 1. The van der Waals surface area contributed by atoms with Gasteiger partial charge in [-0.3, -0.25) is 4.57 Å². The van der Waals surface area contributed by atoms with Gasteiger partial charge in [0.2, 0.25) is 4.77 Å². The van der Waals surface area contributed by atoms with Crippen molar-refractivity contribution in [3.8, 4) is 0 Å². The first-order valence-corrected chi connectivity index (χ1v) is 4.48. The third-order valence-electron chi connectivity index (χ3n) is 1.66. The Morgan fingerprint density at radius 2 is 2.36 bits per heavy atom. The predicted octanol–water partition coefficient (Wildman–Crippen LogP) is 0.274. The van der Waals surface area contributed by atoms with E-state index in [4.69, 9.17) is 0 Å². The molecular weight excluding hydrogens is 204 g/mol. The zero-order valence-corrected chi connectivity index (χ0v) is 7.77. The maximum absolute atomic E-state index is 11.7. The summed E-state index contributed by atoms with van der Waals surface area (Å²) in [6, 6.07) is -0.345. The quantitative estimate of drug-likeness (QED) is 0.634. The molecule has 0 atom stereocenters. The van der Waals surface area contributed by atoms with Gasteiger partial charge in [0.1, 0.15) is 17.6 Å². The first-order chi connectivity index (χ1) is 6.83. The molecule has 7 heteroatoms. The zero-order valence-electron chi connectivity index (χ0n) is 6.95. The van der Waals surface area contributed by atoms with Crippen molar-refractivity contribution in [3.05, 3.63) is 35.9 Å². The lowest BCUT2D eigenvalue weighted by Gasteiger charge is -1.99. The molecular formula is C7H6N4O2S. The van der Waals surface area contributed by atoms with Crippen molar-refractivity contribution < 1.29 is 9.00 Å². The monoisotopic (exact) mass is 210 g/mol. The molecule has 72 valence electrons. The molecule has 0 saturated heterocycles. The molecule has 2 heterocycles. The average Bonchev–Trinajstić information content (AvgIpc) is 2.87. The molecule has 0 aliphatic heterocycles. The summed E-state index contributed by atoms with van der Waals surface area (Å²) >= 11 is 0.231. The summed E-state index contributed by atoms with van der Waals surface area (Å²) in [7, 11) is 0. The number of aromatic nitrogens is 4. The Balaban J connectivity index is 2.52. The van der Waals surface area contributed by atoms with Crippen molar-refractivity contribution in [3.63, 3.8) is 0 Å². The minimum absolute atomic E-state index is 0.231. The third kappa shape index (κ3) is 1.33. The maximum Gasteiger partial charge on any atom is 0.339 e. The lowest BCUT2D eigenvalue weighted by Crippen LogP contribution is -2.17. The highest BCUT2D eigenvalue weighted by Crippen LogP contribution is 1.93. The Morgan fingerprint density at radius 1 is 1.50 bits per heavy atom. The molecule has 2 rings (SSSR count). The first kappa shape index (κ1) is 8.70. The predicted molar refractivity (Wildman–Crippen MR) is 48.6 cm³/mol. The van der Waals surface area contributed by atoms with Crippen LogP contribution in [-0.4, -0.2) is 29.3 Å². The van der Waals surface area contributed by atoms with E-state index in [-0.39, 0.29) is 22.1 Å². The van der Waals surface area contributed by atoms with Gasteiger partial charge in [-0.05, 0) is 0 Å². The summed E-state index contributed by atoms with van der Waals surface area (Å²) in [4.78, 5) is 18.1. The number of rotatable bonds is 0. The van der Waals surface area contributed by atoms with E-state index in [0.717, 1.165) is 0 Å². The molecule has 0 fully saturated rings. The molecule has 14 heavy (non-hydrogen) atoms. The van der Waals surface area contributed by atoms with Gasteiger partial charge in [0.05, 0.1) is 0 Å². The van der Waals surface area contributed by atoms with Crippen LogP contribution in [0.1, 0.15) is 0 Å². The third-order valence-corrected chi connectivity index (χ3v) is 2.13. The van der Waals surface area contributed by atoms with Crippen LogP contribution in [0.5, 0.6) is 0 Å². The number of carbonyl (C=O) groups excluding carboxylic acids is 1. The van der Waals surface area contributed by atoms with E-state index in [1.54, 1.807) is 0 Å². The Kier molecular flexibility index (Phi) is 2.15. The molecule has 0 radical (unpaired) electrons. The number of nitrogens with one attached hydrogen (secondary N) is 1. The molecule has 0 amide bonds. The molecule has 0 aromatic carbocycles. The van der Waals surface area contributed by atoms with Crippen LogP contribution in [0, 0.1) is 4.77 Å². The Labute approximate surface area is 81.9 Å². The fraction of sp³-hybridized carbons (Fsp3) is 0. The minimum atomic E-state index is -0.345. The lowest BCUT2D eigenvalue weighted by molar-refractivity contribution is 0.243. The van der Waals surface area contributed by atoms with Crippen LogP contribution in [0.3, 0.4) is 0 Å². The number of hydrogen-bond donors (Lipinski definition) is 1. The largest absolute Gasteiger partial charge is 0.339 e. The first-order valence-electron chi connectivity index (χ1n) is 3.74.